The number of benzene rings is 8. The molecule has 8 aromatic rings. The Hall–Kier alpha value is -6.40. The van der Waals surface area contributed by atoms with Gasteiger partial charge in [0.15, 0.2) is 11.5 Å². The van der Waals surface area contributed by atoms with Gasteiger partial charge >= 0.3 is 0 Å². The van der Waals surface area contributed by atoms with E-state index in [9.17, 15) is 20.4 Å². The summed E-state index contributed by atoms with van der Waals surface area (Å²) < 4.78 is 6.41. The van der Waals surface area contributed by atoms with E-state index in [4.69, 9.17) is 4.74 Å². The number of ether oxygens (including phenoxy) is 1. The second-order valence-electron chi connectivity index (χ2n) is 13.0. The highest BCUT2D eigenvalue weighted by Crippen LogP contribution is 2.46. The first-order valence-electron chi connectivity index (χ1n) is 16.7. The third-order valence-corrected chi connectivity index (χ3v) is 10.3. The van der Waals surface area contributed by atoms with Crippen molar-refractivity contribution in [2.24, 2.45) is 0 Å². The first-order valence-corrected chi connectivity index (χ1v) is 16.7. The fourth-order valence-corrected chi connectivity index (χ4v) is 7.75. The smallest absolute Gasteiger partial charge is 0.200 e. The van der Waals surface area contributed by atoms with E-state index in [0.717, 1.165) is 22.1 Å². The van der Waals surface area contributed by atoms with Crippen LogP contribution >= 0.6 is 0 Å². The highest BCUT2D eigenvalue weighted by molar-refractivity contribution is 6.37. The number of aromatic hydroxyl groups is 4. The molecule has 8 aromatic carbocycles. The second-order valence-corrected chi connectivity index (χ2v) is 13.0. The molecule has 1 heterocycles. The number of phenols is 4. The molecule has 50 heavy (non-hydrogen) atoms. The van der Waals surface area contributed by atoms with Crippen LogP contribution in [-0.4, -0.2) is 34.9 Å². The van der Waals surface area contributed by atoms with Crippen LogP contribution in [0.15, 0.2) is 127 Å². The molecule has 6 heteroatoms. The van der Waals surface area contributed by atoms with Gasteiger partial charge in [0, 0.05) is 11.1 Å². The molecule has 4 N–H and O–H groups in total. The van der Waals surface area contributed by atoms with Crippen molar-refractivity contribution in [1.82, 2.24) is 0 Å². The molecule has 0 saturated carbocycles. The number of allylic oxidation sites excluding steroid dienone is 3. The molecule has 0 spiro atoms. The predicted molar refractivity (Wildman–Crippen MR) is 206 cm³/mol. The monoisotopic (exact) mass is 650 g/mol. The molecule has 0 fully saturated rings. The van der Waals surface area contributed by atoms with Crippen LogP contribution in [0, 0.1) is 0 Å². The third-order valence-electron chi connectivity index (χ3n) is 10.3. The van der Waals surface area contributed by atoms with Gasteiger partial charge in [-0.15, -0.1) is 0 Å². The Labute approximate surface area is 289 Å². The summed E-state index contributed by atoms with van der Waals surface area (Å²) in [7, 11) is 1.47. The predicted octanol–water partition coefficient (Wildman–Crippen LogP) is 8.73. The molecular weight excluding hydrogens is 619 g/mol. The largest absolute Gasteiger partial charge is 0.508 e. The Morgan fingerprint density at radius 2 is 1.14 bits per heavy atom. The summed E-state index contributed by atoms with van der Waals surface area (Å²) in [5, 5.41) is 51.7. The zero-order valence-electron chi connectivity index (χ0n) is 27.2. The van der Waals surface area contributed by atoms with E-state index in [1.165, 1.54) is 56.7 Å². The SMILES string of the molecule is Bc1c(O)c(O)c(O)c(/C2=C/C=C\Cc3c(cccc3-c3ccc4ccc5c(-c6cccc7ccccc67)ccc6ccc3c4c65)OC2)c1O. The van der Waals surface area contributed by atoms with Gasteiger partial charge in [-0.05, 0) is 83.3 Å². The molecule has 0 atom stereocenters. The fourth-order valence-electron chi connectivity index (χ4n) is 7.75. The van der Waals surface area contributed by atoms with Gasteiger partial charge in [-0.25, -0.2) is 0 Å². The second kappa shape index (κ2) is 11.4. The Morgan fingerprint density at radius 3 is 1.90 bits per heavy atom. The summed E-state index contributed by atoms with van der Waals surface area (Å²) >= 11 is 0. The first kappa shape index (κ1) is 29.7. The number of hydrogen-bond acceptors (Lipinski definition) is 5. The summed E-state index contributed by atoms with van der Waals surface area (Å²) in [6, 6.07) is 38.9. The zero-order chi connectivity index (χ0) is 34.1. The Bertz CT molecular complexity index is 2710. The van der Waals surface area contributed by atoms with Crippen LogP contribution in [0.3, 0.4) is 0 Å². The van der Waals surface area contributed by atoms with Gasteiger partial charge in [-0.1, -0.05) is 121 Å². The minimum absolute atomic E-state index is 0.0149. The lowest BCUT2D eigenvalue weighted by Crippen LogP contribution is -2.10. The first-order chi connectivity index (χ1) is 24.4. The molecule has 0 aliphatic carbocycles. The van der Waals surface area contributed by atoms with Gasteiger partial charge in [-0.3, -0.25) is 0 Å². The van der Waals surface area contributed by atoms with Gasteiger partial charge in [-0.2, -0.15) is 0 Å². The molecule has 0 amide bonds. The van der Waals surface area contributed by atoms with Crippen LogP contribution in [0.4, 0.5) is 0 Å². The molecule has 240 valence electrons. The van der Waals surface area contributed by atoms with Crippen molar-refractivity contribution in [2.45, 2.75) is 6.42 Å². The van der Waals surface area contributed by atoms with E-state index >= 15 is 0 Å². The maximum Gasteiger partial charge on any atom is 0.200 e. The lowest BCUT2D eigenvalue weighted by molar-refractivity contribution is 0.355. The van der Waals surface area contributed by atoms with Crippen molar-refractivity contribution in [1.29, 1.82) is 0 Å². The maximum atomic E-state index is 10.9. The highest BCUT2D eigenvalue weighted by atomic mass is 16.5. The molecule has 0 saturated heterocycles. The summed E-state index contributed by atoms with van der Waals surface area (Å²) in [5.41, 5.74) is 6.17. The van der Waals surface area contributed by atoms with Gasteiger partial charge in [0.05, 0.1) is 5.56 Å². The number of fused-ring (bicyclic) bond motifs is 2. The average molecular weight is 651 g/mol. The molecule has 0 unspecified atom stereocenters. The molecular formula is C44H31BO5. The molecule has 0 aromatic heterocycles. The van der Waals surface area contributed by atoms with Gasteiger partial charge in [0.2, 0.25) is 5.75 Å². The Kier molecular flexibility index (Phi) is 6.75. The van der Waals surface area contributed by atoms with E-state index in [1.54, 1.807) is 6.08 Å². The Morgan fingerprint density at radius 1 is 0.520 bits per heavy atom. The minimum atomic E-state index is -0.680. The Balaban J connectivity index is 1.18. The van der Waals surface area contributed by atoms with Crippen molar-refractivity contribution in [2.75, 3.05) is 6.61 Å². The van der Waals surface area contributed by atoms with E-state index in [0.29, 0.717) is 17.7 Å². The molecule has 1 aliphatic heterocycles. The molecule has 0 bridgehead atoms. The van der Waals surface area contributed by atoms with Crippen molar-refractivity contribution in [3.63, 3.8) is 0 Å². The minimum Gasteiger partial charge on any atom is -0.508 e. The van der Waals surface area contributed by atoms with Crippen LogP contribution < -0.4 is 10.2 Å². The van der Waals surface area contributed by atoms with Crippen LogP contribution in [0.5, 0.6) is 28.7 Å². The van der Waals surface area contributed by atoms with E-state index in [1.807, 2.05) is 24.3 Å². The number of phenolic OH excluding ortho intramolecular Hbond substituents is 4. The van der Waals surface area contributed by atoms with Crippen molar-refractivity contribution < 1.29 is 25.2 Å². The zero-order valence-corrected chi connectivity index (χ0v) is 27.2. The van der Waals surface area contributed by atoms with Crippen LogP contribution in [0.25, 0.3) is 70.9 Å². The van der Waals surface area contributed by atoms with Crippen LogP contribution in [-0.2, 0) is 6.42 Å². The molecule has 0 radical (unpaired) electrons. The van der Waals surface area contributed by atoms with Crippen molar-refractivity contribution >= 4 is 62.0 Å². The number of rotatable bonds is 3. The highest BCUT2D eigenvalue weighted by Gasteiger charge is 2.25. The fraction of sp³-hybridized carbons (Fsp3) is 0.0455. The van der Waals surface area contributed by atoms with Crippen LogP contribution in [0.2, 0.25) is 0 Å². The topological polar surface area (TPSA) is 90.2 Å². The standard InChI is InChI=1S/C44H31BO5/c45-40-41(46)39(42(47)44(49)43(40)48)27-8-2-4-11-33-30(13-6-14-36(33)50-23-27)32-20-16-26-17-21-34-31(19-15-25-18-22-35(32)38(26)37(25)34)29-12-5-9-24-7-1-3-10-28(24)29/h1-10,12-22,46-49H,11,23,45H2/b4-2-,27-8+. The summed E-state index contributed by atoms with van der Waals surface area (Å²) in [6.07, 6.45) is 6.21. The summed E-state index contributed by atoms with van der Waals surface area (Å²) in [6.45, 7) is 0.0149. The van der Waals surface area contributed by atoms with Gasteiger partial charge < -0.3 is 25.2 Å². The van der Waals surface area contributed by atoms with E-state index < -0.39 is 17.2 Å². The molecule has 5 nitrogen and oxygen atoms in total. The number of hydrogen-bond donors (Lipinski definition) is 4. The molecule has 9 rings (SSSR count). The van der Waals surface area contributed by atoms with Gasteiger partial charge in [0.25, 0.3) is 0 Å². The molecule has 1 aliphatic rings. The summed E-state index contributed by atoms with van der Waals surface area (Å²) in [5.74, 6) is -1.47. The van der Waals surface area contributed by atoms with Gasteiger partial charge in [0.1, 0.15) is 26.0 Å². The van der Waals surface area contributed by atoms with E-state index in [-0.39, 0.29) is 23.4 Å². The lowest BCUT2D eigenvalue weighted by atomic mass is 9.85. The van der Waals surface area contributed by atoms with Crippen molar-refractivity contribution in [3.8, 4) is 51.0 Å². The normalized spacial score (nSPS) is 14.9. The van der Waals surface area contributed by atoms with Crippen LogP contribution in [0.1, 0.15) is 11.1 Å². The van der Waals surface area contributed by atoms with E-state index in [2.05, 4.69) is 97.1 Å². The third kappa shape index (κ3) is 4.42. The average Bonchev–Trinajstić information content (AvgIpc) is 3.26. The quantitative estimate of drug-likeness (QED) is 0.0665. The summed E-state index contributed by atoms with van der Waals surface area (Å²) in [4.78, 5) is 0. The van der Waals surface area contributed by atoms with Crippen molar-refractivity contribution in [3.05, 3.63) is 139 Å². The maximum absolute atomic E-state index is 10.9. The lowest BCUT2D eigenvalue weighted by Gasteiger charge is -2.20.